The molecule has 0 fully saturated rings. The van der Waals surface area contributed by atoms with E-state index in [0.717, 1.165) is 22.6 Å². The predicted octanol–water partition coefficient (Wildman–Crippen LogP) is 5.13. The van der Waals surface area contributed by atoms with Gasteiger partial charge < -0.3 is 5.73 Å². The summed E-state index contributed by atoms with van der Waals surface area (Å²) in [6.07, 6.45) is 0.822. The van der Waals surface area contributed by atoms with Crippen LogP contribution in [-0.4, -0.2) is 6.54 Å². The molecule has 4 heteroatoms. The average molecular weight is 315 g/mol. The Bertz CT molecular complexity index is 552. The van der Waals surface area contributed by atoms with Crippen LogP contribution in [0.4, 0.5) is 0 Å². The maximum atomic E-state index is 6.29. The standard InChI is InChI=1S/C15H14Cl3N/c16-11-3-1-10(2-4-11)13(7-8-19)14-6-5-12(17)9-15(14)18/h1-6,9,13H,7-8,19H2. The lowest BCUT2D eigenvalue weighted by atomic mass is 9.88. The summed E-state index contributed by atoms with van der Waals surface area (Å²) in [4.78, 5) is 0. The van der Waals surface area contributed by atoms with Crippen LogP contribution in [0, 0.1) is 0 Å². The lowest BCUT2D eigenvalue weighted by Gasteiger charge is -2.19. The molecule has 0 saturated carbocycles. The summed E-state index contributed by atoms with van der Waals surface area (Å²) in [5, 5.41) is 2.02. The van der Waals surface area contributed by atoms with Crippen LogP contribution < -0.4 is 5.73 Å². The minimum Gasteiger partial charge on any atom is -0.330 e. The Morgan fingerprint density at radius 2 is 1.53 bits per heavy atom. The van der Waals surface area contributed by atoms with Gasteiger partial charge in [-0.2, -0.15) is 0 Å². The smallest absolute Gasteiger partial charge is 0.0459 e. The molecule has 1 atom stereocenters. The van der Waals surface area contributed by atoms with Crippen molar-refractivity contribution in [2.45, 2.75) is 12.3 Å². The van der Waals surface area contributed by atoms with Gasteiger partial charge in [-0.25, -0.2) is 0 Å². The van der Waals surface area contributed by atoms with Crippen LogP contribution in [0.25, 0.3) is 0 Å². The number of nitrogens with two attached hydrogens (primary N) is 1. The molecule has 0 saturated heterocycles. The third-order valence-corrected chi connectivity index (χ3v) is 3.88. The van der Waals surface area contributed by atoms with Gasteiger partial charge in [0, 0.05) is 21.0 Å². The zero-order valence-corrected chi connectivity index (χ0v) is 12.5. The molecule has 1 unspecified atom stereocenters. The third kappa shape index (κ3) is 3.64. The minimum absolute atomic E-state index is 0.159. The van der Waals surface area contributed by atoms with E-state index in [4.69, 9.17) is 40.5 Å². The molecule has 0 heterocycles. The van der Waals surface area contributed by atoms with E-state index in [1.807, 2.05) is 36.4 Å². The largest absolute Gasteiger partial charge is 0.330 e. The highest BCUT2D eigenvalue weighted by atomic mass is 35.5. The molecule has 0 aliphatic rings. The highest BCUT2D eigenvalue weighted by Gasteiger charge is 2.16. The maximum absolute atomic E-state index is 6.29. The third-order valence-electron chi connectivity index (χ3n) is 3.07. The second-order valence-electron chi connectivity index (χ2n) is 4.35. The van der Waals surface area contributed by atoms with Crippen molar-refractivity contribution in [3.05, 3.63) is 68.7 Å². The molecule has 2 aromatic rings. The topological polar surface area (TPSA) is 26.0 Å². The molecule has 100 valence electrons. The zero-order chi connectivity index (χ0) is 13.8. The number of halogens is 3. The van der Waals surface area contributed by atoms with E-state index < -0.39 is 0 Å². The van der Waals surface area contributed by atoms with E-state index in [1.165, 1.54) is 0 Å². The van der Waals surface area contributed by atoms with Gasteiger partial charge in [0.05, 0.1) is 0 Å². The van der Waals surface area contributed by atoms with Gasteiger partial charge in [0.1, 0.15) is 0 Å². The van der Waals surface area contributed by atoms with E-state index in [-0.39, 0.29) is 5.92 Å². The molecule has 0 aromatic heterocycles. The van der Waals surface area contributed by atoms with Gasteiger partial charge in [0.2, 0.25) is 0 Å². The van der Waals surface area contributed by atoms with Crippen LogP contribution in [0.5, 0.6) is 0 Å². The van der Waals surface area contributed by atoms with E-state index in [0.29, 0.717) is 16.6 Å². The molecule has 0 amide bonds. The van der Waals surface area contributed by atoms with Crippen molar-refractivity contribution < 1.29 is 0 Å². The summed E-state index contributed by atoms with van der Waals surface area (Å²) < 4.78 is 0. The van der Waals surface area contributed by atoms with Crippen molar-refractivity contribution >= 4 is 34.8 Å². The molecule has 0 bridgehead atoms. The Labute approximate surface area is 128 Å². The van der Waals surface area contributed by atoms with Crippen LogP contribution in [0.15, 0.2) is 42.5 Å². The summed E-state index contributed by atoms with van der Waals surface area (Å²) in [5.41, 5.74) is 7.91. The summed E-state index contributed by atoms with van der Waals surface area (Å²) in [6, 6.07) is 13.3. The molecule has 2 aromatic carbocycles. The van der Waals surface area contributed by atoms with Gasteiger partial charge in [0.15, 0.2) is 0 Å². The van der Waals surface area contributed by atoms with Crippen LogP contribution in [0.2, 0.25) is 15.1 Å². The van der Waals surface area contributed by atoms with Crippen molar-refractivity contribution in [2.75, 3.05) is 6.54 Å². The molecular weight excluding hydrogens is 301 g/mol. The molecule has 2 rings (SSSR count). The van der Waals surface area contributed by atoms with Crippen LogP contribution >= 0.6 is 34.8 Å². The molecule has 1 nitrogen and oxygen atoms in total. The molecular formula is C15H14Cl3N. The van der Waals surface area contributed by atoms with Gasteiger partial charge in [-0.05, 0) is 48.4 Å². The Balaban J connectivity index is 2.41. The van der Waals surface area contributed by atoms with Crippen molar-refractivity contribution in [3.63, 3.8) is 0 Å². The fraction of sp³-hybridized carbons (Fsp3) is 0.200. The van der Waals surface area contributed by atoms with Crippen LogP contribution in [0.1, 0.15) is 23.5 Å². The van der Waals surface area contributed by atoms with Gasteiger partial charge in [-0.1, -0.05) is 53.0 Å². The van der Waals surface area contributed by atoms with Gasteiger partial charge in [-0.3, -0.25) is 0 Å². The first-order valence-corrected chi connectivity index (χ1v) is 7.15. The fourth-order valence-electron chi connectivity index (χ4n) is 2.15. The highest BCUT2D eigenvalue weighted by molar-refractivity contribution is 6.35. The summed E-state index contributed by atoms with van der Waals surface area (Å²) >= 11 is 18.2. The van der Waals surface area contributed by atoms with Crippen molar-refractivity contribution in [2.24, 2.45) is 5.73 Å². The SMILES string of the molecule is NCCC(c1ccc(Cl)cc1)c1ccc(Cl)cc1Cl. The Morgan fingerprint density at radius 3 is 2.11 bits per heavy atom. The zero-order valence-electron chi connectivity index (χ0n) is 10.2. The Morgan fingerprint density at radius 1 is 0.895 bits per heavy atom. The second-order valence-corrected chi connectivity index (χ2v) is 5.63. The molecule has 0 aliphatic heterocycles. The minimum atomic E-state index is 0.159. The average Bonchev–Trinajstić information content (AvgIpc) is 2.38. The van der Waals surface area contributed by atoms with E-state index in [1.54, 1.807) is 6.07 Å². The molecule has 0 radical (unpaired) electrons. The quantitative estimate of drug-likeness (QED) is 0.832. The Kier molecular flexibility index (Phi) is 5.12. The fourth-order valence-corrected chi connectivity index (χ4v) is 2.81. The number of benzene rings is 2. The summed E-state index contributed by atoms with van der Waals surface area (Å²) in [6.45, 7) is 0.590. The van der Waals surface area contributed by atoms with Crippen molar-refractivity contribution in [1.82, 2.24) is 0 Å². The maximum Gasteiger partial charge on any atom is 0.0459 e. The lowest BCUT2D eigenvalue weighted by molar-refractivity contribution is 0.726. The van der Waals surface area contributed by atoms with Gasteiger partial charge >= 0.3 is 0 Å². The van der Waals surface area contributed by atoms with E-state index >= 15 is 0 Å². The van der Waals surface area contributed by atoms with Crippen molar-refractivity contribution in [1.29, 1.82) is 0 Å². The van der Waals surface area contributed by atoms with Gasteiger partial charge in [-0.15, -0.1) is 0 Å². The molecule has 19 heavy (non-hydrogen) atoms. The number of rotatable bonds is 4. The number of hydrogen-bond acceptors (Lipinski definition) is 1. The molecule has 2 N–H and O–H groups in total. The van der Waals surface area contributed by atoms with Crippen LogP contribution in [0.3, 0.4) is 0 Å². The van der Waals surface area contributed by atoms with Crippen molar-refractivity contribution in [3.8, 4) is 0 Å². The monoisotopic (exact) mass is 313 g/mol. The van der Waals surface area contributed by atoms with E-state index in [2.05, 4.69) is 0 Å². The normalized spacial score (nSPS) is 12.4. The molecule has 0 spiro atoms. The predicted molar refractivity (Wildman–Crippen MR) is 83.4 cm³/mol. The summed E-state index contributed by atoms with van der Waals surface area (Å²) in [5.74, 6) is 0.159. The second kappa shape index (κ2) is 6.62. The summed E-state index contributed by atoms with van der Waals surface area (Å²) in [7, 11) is 0. The number of hydrogen-bond donors (Lipinski definition) is 1. The first kappa shape index (κ1) is 14.7. The molecule has 0 aliphatic carbocycles. The first-order chi connectivity index (χ1) is 9.11. The van der Waals surface area contributed by atoms with E-state index in [9.17, 15) is 0 Å². The highest BCUT2D eigenvalue weighted by Crippen LogP contribution is 2.34. The van der Waals surface area contributed by atoms with Gasteiger partial charge in [0.25, 0.3) is 0 Å². The van der Waals surface area contributed by atoms with Crippen LogP contribution in [-0.2, 0) is 0 Å². The Hall–Kier alpha value is -0.730. The lowest BCUT2D eigenvalue weighted by Crippen LogP contribution is -2.09. The first-order valence-electron chi connectivity index (χ1n) is 6.02.